The smallest absolute Gasteiger partial charge is 0.251 e. The van der Waals surface area contributed by atoms with Gasteiger partial charge in [0, 0.05) is 30.3 Å². The van der Waals surface area contributed by atoms with Crippen molar-refractivity contribution in [1.29, 1.82) is 0 Å². The Morgan fingerprint density at radius 1 is 1.24 bits per heavy atom. The van der Waals surface area contributed by atoms with Gasteiger partial charge >= 0.3 is 0 Å². The molecule has 1 aromatic carbocycles. The number of benzene rings is 1. The third-order valence-corrected chi connectivity index (χ3v) is 3.64. The van der Waals surface area contributed by atoms with Crippen molar-refractivity contribution in [2.75, 3.05) is 18.9 Å². The molecule has 2 rings (SSSR count). The van der Waals surface area contributed by atoms with E-state index in [0.717, 1.165) is 25.1 Å². The summed E-state index contributed by atoms with van der Waals surface area (Å²) in [5.41, 5.74) is 1.31. The first-order valence-electron chi connectivity index (χ1n) is 6.96. The molecule has 1 heterocycles. The van der Waals surface area contributed by atoms with E-state index in [-0.39, 0.29) is 30.1 Å². The lowest BCUT2D eigenvalue weighted by Crippen LogP contribution is -2.40. The number of carbonyl (C=O) groups excluding carboxylic acids is 2. The number of hydrogen-bond acceptors (Lipinski definition) is 3. The second kappa shape index (κ2) is 8.00. The van der Waals surface area contributed by atoms with Gasteiger partial charge in [0.2, 0.25) is 5.91 Å². The minimum absolute atomic E-state index is 0. The largest absolute Gasteiger partial charge is 0.355 e. The monoisotopic (exact) mass is 311 g/mol. The Balaban J connectivity index is 0.00000220. The van der Waals surface area contributed by atoms with E-state index >= 15 is 0 Å². The molecule has 6 heteroatoms. The number of hydrogen-bond donors (Lipinski definition) is 3. The van der Waals surface area contributed by atoms with E-state index < -0.39 is 0 Å². The highest BCUT2D eigenvalue weighted by Gasteiger charge is 2.24. The molecule has 1 aliphatic heterocycles. The molecule has 1 saturated heterocycles. The van der Waals surface area contributed by atoms with Crippen molar-refractivity contribution in [3.8, 4) is 0 Å². The van der Waals surface area contributed by atoms with E-state index in [4.69, 9.17) is 0 Å². The number of carbonyl (C=O) groups is 2. The van der Waals surface area contributed by atoms with Gasteiger partial charge in [0.25, 0.3) is 5.91 Å². The van der Waals surface area contributed by atoms with E-state index in [1.807, 2.05) is 0 Å². The maximum atomic E-state index is 12.2. The fraction of sp³-hybridized carbons (Fsp3) is 0.467. The van der Waals surface area contributed by atoms with Gasteiger partial charge in [-0.1, -0.05) is 0 Å². The number of anilines is 1. The summed E-state index contributed by atoms with van der Waals surface area (Å²) in [4.78, 5) is 23.6. The topological polar surface area (TPSA) is 70.2 Å². The Hall–Kier alpha value is -1.59. The second-order valence-electron chi connectivity index (χ2n) is 5.22. The predicted molar refractivity (Wildman–Crippen MR) is 85.9 cm³/mol. The molecule has 116 valence electrons. The predicted octanol–water partition coefficient (Wildman–Crippen LogP) is 1.79. The van der Waals surface area contributed by atoms with E-state index in [0.29, 0.717) is 11.6 Å². The zero-order chi connectivity index (χ0) is 14.5. The summed E-state index contributed by atoms with van der Waals surface area (Å²) in [7, 11) is 1.59. The molecule has 5 nitrogen and oxygen atoms in total. The SMILES string of the molecule is CNC(=O)c1ccc(NC(=O)[C@H]2CCN[C@@H](C)C2)cc1.Cl. The zero-order valence-electron chi connectivity index (χ0n) is 12.3. The molecule has 1 aliphatic rings. The van der Waals surface area contributed by atoms with Gasteiger partial charge in [0.1, 0.15) is 0 Å². The molecule has 0 unspecified atom stereocenters. The average molecular weight is 312 g/mol. The van der Waals surface area contributed by atoms with Crippen LogP contribution in [0.15, 0.2) is 24.3 Å². The lowest BCUT2D eigenvalue weighted by molar-refractivity contribution is -0.120. The molecule has 0 aliphatic carbocycles. The highest BCUT2D eigenvalue weighted by atomic mass is 35.5. The van der Waals surface area contributed by atoms with Crippen molar-refractivity contribution >= 4 is 29.9 Å². The molecule has 0 spiro atoms. The molecular formula is C15H22ClN3O2. The normalized spacial score (nSPS) is 21.0. The van der Waals surface area contributed by atoms with Gasteiger partial charge in [-0.15, -0.1) is 12.4 Å². The molecule has 3 N–H and O–H groups in total. The fourth-order valence-electron chi connectivity index (χ4n) is 2.46. The molecule has 2 amide bonds. The van der Waals surface area contributed by atoms with Crippen molar-refractivity contribution in [2.24, 2.45) is 5.92 Å². The molecule has 21 heavy (non-hydrogen) atoms. The summed E-state index contributed by atoms with van der Waals surface area (Å²) in [6.07, 6.45) is 1.73. The molecule has 0 radical (unpaired) electrons. The van der Waals surface area contributed by atoms with Crippen LogP contribution < -0.4 is 16.0 Å². The summed E-state index contributed by atoms with van der Waals surface area (Å²) in [5, 5.41) is 8.82. The van der Waals surface area contributed by atoms with Crippen molar-refractivity contribution in [3.05, 3.63) is 29.8 Å². The van der Waals surface area contributed by atoms with Gasteiger partial charge in [-0.25, -0.2) is 0 Å². The molecule has 0 saturated carbocycles. The van der Waals surface area contributed by atoms with Crippen LogP contribution in [0, 0.1) is 5.92 Å². The molecular weight excluding hydrogens is 290 g/mol. The molecule has 0 aromatic heterocycles. The minimum Gasteiger partial charge on any atom is -0.355 e. The Bertz CT molecular complexity index is 490. The number of rotatable bonds is 3. The first-order chi connectivity index (χ1) is 9.60. The highest BCUT2D eigenvalue weighted by Crippen LogP contribution is 2.19. The molecule has 1 aromatic rings. The van der Waals surface area contributed by atoms with Crippen molar-refractivity contribution in [2.45, 2.75) is 25.8 Å². The van der Waals surface area contributed by atoms with Crippen LogP contribution in [0.4, 0.5) is 5.69 Å². The zero-order valence-corrected chi connectivity index (χ0v) is 13.1. The van der Waals surface area contributed by atoms with Crippen molar-refractivity contribution < 1.29 is 9.59 Å². The molecule has 2 atom stereocenters. The first kappa shape index (κ1) is 17.5. The van der Waals surface area contributed by atoms with E-state index in [9.17, 15) is 9.59 Å². The number of halogens is 1. The number of piperidine rings is 1. The van der Waals surface area contributed by atoms with Crippen molar-refractivity contribution in [1.82, 2.24) is 10.6 Å². The summed E-state index contributed by atoms with van der Waals surface area (Å²) in [6.45, 7) is 2.98. The number of amides is 2. The van der Waals surface area contributed by atoms with Gasteiger partial charge in [-0.3, -0.25) is 9.59 Å². The van der Waals surface area contributed by atoms with Gasteiger partial charge in [-0.05, 0) is 50.6 Å². The Kier molecular flexibility index (Phi) is 6.65. The summed E-state index contributed by atoms with van der Waals surface area (Å²) < 4.78 is 0. The van der Waals surface area contributed by atoms with Crippen LogP contribution in [-0.4, -0.2) is 31.4 Å². The van der Waals surface area contributed by atoms with Crippen LogP contribution in [0.5, 0.6) is 0 Å². The minimum atomic E-state index is -0.130. The van der Waals surface area contributed by atoms with E-state index in [2.05, 4.69) is 22.9 Å². The lowest BCUT2D eigenvalue weighted by atomic mass is 9.92. The van der Waals surface area contributed by atoms with Crippen molar-refractivity contribution in [3.63, 3.8) is 0 Å². The first-order valence-corrected chi connectivity index (χ1v) is 6.96. The maximum absolute atomic E-state index is 12.2. The fourth-order valence-corrected chi connectivity index (χ4v) is 2.46. The van der Waals surface area contributed by atoms with Crippen LogP contribution in [0.25, 0.3) is 0 Å². The quantitative estimate of drug-likeness (QED) is 0.797. The Morgan fingerprint density at radius 2 is 1.90 bits per heavy atom. The Morgan fingerprint density at radius 3 is 2.48 bits per heavy atom. The maximum Gasteiger partial charge on any atom is 0.251 e. The molecule has 0 bridgehead atoms. The van der Waals surface area contributed by atoms with Crippen LogP contribution in [0.2, 0.25) is 0 Å². The van der Waals surface area contributed by atoms with Gasteiger partial charge in [0.05, 0.1) is 0 Å². The third-order valence-electron chi connectivity index (χ3n) is 3.64. The third kappa shape index (κ3) is 4.72. The molecule has 1 fully saturated rings. The second-order valence-corrected chi connectivity index (χ2v) is 5.22. The summed E-state index contributed by atoms with van der Waals surface area (Å²) >= 11 is 0. The van der Waals surface area contributed by atoms with Gasteiger partial charge < -0.3 is 16.0 Å². The van der Waals surface area contributed by atoms with Crippen LogP contribution >= 0.6 is 12.4 Å². The highest BCUT2D eigenvalue weighted by molar-refractivity contribution is 5.96. The van der Waals surface area contributed by atoms with E-state index in [1.54, 1.807) is 31.3 Å². The number of nitrogens with one attached hydrogen (secondary N) is 3. The van der Waals surface area contributed by atoms with Crippen LogP contribution in [0.3, 0.4) is 0 Å². The summed E-state index contributed by atoms with van der Waals surface area (Å²) in [6, 6.07) is 7.31. The van der Waals surface area contributed by atoms with Gasteiger partial charge in [-0.2, -0.15) is 0 Å². The Labute approximate surface area is 131 Å². The van der Waals surface area contributed by atoms with Crippen LogP contribution in [0.1, 0.15) is 30.1 Å². The lowest BCUT2D eigenvalue weighted by Gasteiger charge is -2.27. The van der Waals surface area contributed by atoms with Gasteiger partial charge in [0.15, 0.2) is 0 Å². The van der Waals surface area contributed by atoms with E-state index in [1.165, 1.54) is 0 Å². The summed E-state index contributed by atoms with van der Waals surface area (Å²) in [5.74, 6) is -0.00836. The van der Waals surface area contributed by atoms with Crippen LogP contribution in [-0.2, 0) is 4.79 Å². The standard InChI is InChI=1S/C15H21N3O2.ClH/c1-10-9-12(7-8-17-10)15(20)18-13-5-3-11(4-6-13)14(19)16-2;/h3-6,10,12,17H,7-9H2,1-2H3,(H,16,19)(H,18,20);1H/t10-,12-;/m0./s1. The average Bonchev–Trinajstić information content (AvgIpc) is 2.47.